The number of aromatic amines is 1. The third kappa shape index (κ3) is 3.10. The molecule has 4 rings (SSSR count). The topological polar surface area (TPSA) is 61.8 Å². The molecule has 1 fully saturated rings. The summed E-state index contributed by atoms with van der Waals surface area (Å²) in [5.74, 6) is 1.12. The van der Waals surface area contributed by atoms with Crippen LogP contribution in [-0.2, 0) is 13.6 Å². The summed E-state index contributed by atoms with van der Waals surface area (Å²) in [6.07, 6.45) is 5.75. The normalized spacial score (nSPS) is 18.9. The van der Waals surface area contributed by atoms with Gasteiger partial charge in [0, 0.05) is 51.0 Å². The highest BCUT2D eigenvalue weighted by molar-refractivity contribution is 5.85. The first-order chi connectivity index (χ1) is 10.8. The maximum absolute atomic E-state index is 4.54. The minimum Gasteiger partial charge on any atom is -0.337 e. The number of rotatable bonds is 3. The highest BCUT2D eigenvalue weighted by atomic mass is 35.5. The number of nitrogens with one attached hydrogen (secondary N) is 2. The van der Waals surface area contributed by atoms with Gasteiger partial charge in [-0.05, 0) is 11.6 Å². The van der Waals surface area contributed by atoms with Crippen LogP contribution in [-0.4, -0.2) is 44.3 Å². The Morgan fingerprint density at radius 2 is 2.26 bits per heavy atom. The fraction of sp³-hybridized carbons (Fsp3) is 0.375. The lowest BCUT2D eigenvalue weighted by atomic mass is 10.1. The van der Waals surface area contributed by atoms with Crippen molar-refractivity contribution < 1.29 is 0 Å². The molecule has 3 heterocycles. The molecule has 0 spiro atoms. The second kappa shape index (κ2) is 6.70. The smallest absolute Gasteiger partial charge is 0.127 e. The van der Waals surface area contributed by atoms with Gasteiger partial charge < -0.3 is 9.88 Å². The summed E-state index contributed by atoms with van der Waals surface area (Å²) in [5.41, 5.74) is 2.40. The molecular weight excluding hydrogens is 312 g/mol. The van der Waals surface area contributed by atoms with Crippen molar-refractivity contribution in [2.75, 3.05) is 19.6 Å². The van der Waals surface area contributed by atoms with Crippen LogP contribution in [0.3, 0.4) is 0 Å². The number of fused-ring (bicyclic) bond motifs is 1. The molecule has 1 aromatic carbocycles. The average Bonchev–Trinajstić information content (AvgIpc) is 3.16. The number of piperazine rings is 1. The maximum Gasteiger partial charge on any atom is 0.127 e. The number of hydrogen-bond acceptors (Lipinski definition) is 4. The van der Waals surface area contributed by atoms with Gasteiger partial charge in [0.05, 0.1) is 17.8 Å². The number of H-pyrrole nitrogens is 1. The molecule has 0 radical (unpaired) electrons. The Labute approximate surface area is 141 Å². The van der Waals surface area contributed by atoms with E-state index in [9.17, 15) is 0 Å². The number of aryl methyl sites for hydroxylation is 1. The third-order valence-electron chi connectivity index (χ3n) is 4.40. The van der Waals surface area contributed by atoms with Gasteiger partial charge in [0.15, 0.2) is 0 Å². The Bertz CT molecular complexity index is 780. The zero-order chi connectivity index (χ0) is 14.9. The molecule has 1 saturated heterocycles. The van der Waals surface area contributed by atoms with E-state index in [2.05, 4.69) is 55.2 Å². The average molecular weight is 333 g/mol. The highest BCUT2D eigenvalue weighted by Gasteiger charge is 2.26. The van der Waals surface area contributed by atoms with E-state index < -0.39 is 0 Å². The van der Waals surface area contributed by atoms with Gasteiger partial charge >= 0.3 is 0 Å². The molecule has 122 valence electrons. The minimum absolute atomic E-state index is 0. The monoisotopic (exact) mass is 332 g/mol. The fourth-order valence-corrected chi connectivity index (χ4v) is 3.21. The molecule has 0 aliphatic carbocycles. The number of aromatic nitrogens is 4. The molecule has 1 unspecified atom stereocenters. The van der Waals surface area contributed by atoms with Gasteiger partial charge in [0.1, 0.15) is 5.82 Å². The Morgan fingerprint density at radius 3 is 3.09 bits per heavy atom. The van der Waals surface area contributed by atoms with Crippen LogP contribution in [0, 0.1) is 0 Å². The molecule has 0 amide bonds. The van der Waals surface area contributed by atoms with E-state index in [1.165, 1.54) is 5.56 Å². The van der Waals surface area contributed by atoms with Crippen molar-refractivity contribution in [1.29, 1.82) is 0 Å². The zero-order valence-electron chi connectivity index (χ0n) is 13.1. The molecule has 1 atom stereocenters. The predicted octanol–water partition coefficient (Wildman–Crippen LogP) is 1.86. The molecule has 7 heteroatoms. The summed E-state index contributed by atoms with van der Waals surface area (Å²) < 4.78 is 2.11. The van der Waals surface area contributed by atoms with Crippen LogP contribution in [0.25, 0.3) is 10.9 Å². The Balaban J connectivity index is 0.00000156. The Morgan fingerprint density at radius 1 is 1.35 bits per heavy atom. The van der Waals surface area contributed by atoms with Crippen molar-refractivity contribution in [3.8, 4) is 0 Å². The molecule has 1 aliphatic rings. The summed E-state index contributed by atoms with van der Waals surface area (Å²) in [5, 5.41) is 11.8. The van der Waals surface area contributed by atoms with Gasteiger partial charge in [-0.15, -0.1) is 12.4 Å². The van der Waals surface area contributed by atoms with Crippen molar-refractivity contribution in [3.05, 3.63) is 48.2 Å². The standard InChI is InChI=1S/C16H20N6.ClH/c1-21-6-5-18-16(21)15-10-17-4-7-22(15)11-12-2-3-13-9-19-20-14(13)8-12;/h2-3,5-6,8-9,15,17H,4,7,10-11H2,1H3,(H,19,20);1H. The number of halogens is 1. The summed E-state index contributed by atoms with van der Waals surface area (Å²) in [7, 11) is 2.06. The van der Waals surface area contributed by atoms with E-state index in [4.69, 9.17) is 0 Å². The van der Waals surface area contributed by atoms with Gasteiger partial charge in [-0.25, -0.2) is 4.98 Å². The van der Waals surface area contributed by atoms with Crippen LogP contribution in [0.2, 0.25) is 0 Å². The van der Waals surface area contributed by atoms with Crippen LogP contribution in [0.4, 0.5) is 0 Å². The van der Waals surface area contributed by atoms with E-state index >= 15 is 0 Å². The van der Waals surface area contributed by atoms with Crippen LogP contribution < -0.4 is 5.32 Å². The van der Waals surface area contributed by atoms with Crippen LogP contribution in [0.15, 0.2) is 36.8 Å². The van der Waals surface area contributed by atoms with Gasteiger partial charge in [0.25, 0.3) is 0 Å². The molecule has 3 aromatic rings. The summed E-state index contributed by atoms with van der Waals surface area (Å²) in [6, 6.07) is 6.83. The summed E-state index contributed by atoms with van der Waals surface area (Å²) >= 11 is 0. The summed E-state index contributed by atoms with van der Waals surface area (Å²) in [6.45, 7) is 3.91. The Kier molecular flexibility index (Phi) is 4.66. The first-order valence-corrected chi connectivity index (χ1v) is 7.65. The van der Waals surface area contributed by atoms with E-state index in [1.54, 1.807) is 0 Å². The lowest BCUT2D eigenvalue weighted by Gasteiger charge is -2.35. The number of imidazole rings is 1. The molecule has 2 aromatic heterocycles. The largest absolute Gasteiger partial charge is 0.337 e. The fourth-order valence-electron chi connectivity index (χ4n) is 3.21. The van der Waals surface area contributed by atoms with Crippen molar-refractivity contribution in [2.45, 2.75) is 12.6 Å². The van der Waals surface area contributed by atoms with Crippen molar-refractivity contribution >= 4 is 23.3 Å². The molecule has 2 N–H and O–H groups in total. The van der Waals surface area contributed by atoms with Crippen molar-refractivity contribution in [1.82, 2.24) is 30.0 Å². The van der Waals surface area contributed by atoms with E-state index in [1.807, 2.05) is 18.6 Å². The van der Waals surface area contributed by atoms with E-state index in [0.717, 1.165) is 42.9 Å². The predicted molar refractivity (Wildman–Crippen MR) is 92.6 cm³/mol. The first-order valence-electron chi connectivity index (χ1n) is 7.65. The van der Waals surface area contributed by atoms with Crippen LogP contribution in [0.5, 0.6) is 0 Å². The van der Waals surface area contributed by atoms with Gasteiger partial charge in [-0.1, -0.05) is 12.1 Å². The molecule has 0 bridgehead atoms. The first kappa shape index (κ1) is 16.0. The molecule has 1 aliphatic heterocycles. The number of nitrogens with zero attached hydrogens (tertiary/aromatic N) is 4. The quantitative estimate of drug-likeness (QED) is 0.768. The second-order valence-corrected chi connectivity index (χ2v) is 5.88. The zero-order valence-corrected chi connectivity index (χ0v) is 13.9. The van der Waals surface area contributed by atoms with Crippen LogP contribution in [0.1, 0.15) is 17.4 Å². The molecule has 23 heavy (non-hydrogen) atoms. The molecule has 0 saturated carbocycles. The molecule has 6 nitrogen and oxygen atoms in total. The lowest BCUT2D eigenvalue weighted by Crippen LogP contribution is -2.46. The number of benzene rings is 1. The summed E-state index contributed by atoms with van der Waals surface area (Å²) in [4.78, 5) is 7.03. The van der Waals surface area contributed by atoms with Crippen LogP contribution >= 0.6 is 12.4 Å². The van der Waals surface area contributed by atoms with Crippen molar-refractivity contribution in [2.24, 2.45) is 7.05 Å². The highest BCUT2D eigenvalue weighted by Crippen LogP contribution is 2.23. The molecular formula is C16H21ClN6. The van der Waals surface area contributed by atoms with Crippen molar-refractivity contribution in [3.63, 3.8) is 0 Å². The second-order valence-electron chi connectivity index (χ2n) is 5.88. The Hall–Kier alpha value is -1.89. The van der Waals surface area contributed by atoms with Gasteiger partial charge in [0.2, 0.25) is 0 Å². The third-order valence-corrected chi connectivity index (χ3v) is 4.40. The number of hydrogen-bond donors (Lipinski definition) is 2. The van der Waals surface area contributed by atoms with Gasteiger partial charge in [-0.2, -0.15) is 5.10 Å². The maximum atomic E-state index is 4.54. The van der Waals surface area contributed by atoms with E-state index in [-0.39, 0.29) is 12.4 Å². The SMILES string of the molecule is Cl.Cn1ccnc1C1CNCCN1Cc1ccc2cn[nH]c2c1. The lowest BCUT2D eigenvalue weighted by molar-refractivity contribution is 0.145. The van der Waals surface area contributed by atoms with E-state index in [0.29, 0.717) is 6.04 Å². The minimum atomic E-state index is 0. The van der Waals surface area contributed by atoms with Gasteiger partial charge in [-0.3, -0.25) is 10.00 Å².